The minimum atomic E-state index is 0.675. The van der Waals surface area contributed by atoms with Crippen LogP contribution in [0.1, 0.15) is 12.8 Å². The Bertz CT molecular complexity index is 62.8. The van der Waals surface area contributed by atoms with Gasteiger partial charge in [-0.25, -0.2) is 5.01 Å². The summed E-state index contributed by atoms with van der Waals surface area (Å²) < 4.78 is 0. The number of rotatable bonds is 6. The highest BCUT2D eigenvalue weighted by atomic mass is 35.5. The van der Waals surface area contributed by atoms with Gasteiger partial charge in [-0.1, -0.05) is 0 Å². The number of halogens is 2. The fraction of sp³-hybridized carbons (Fsp3) is 1.00. The summed E-state index contributed by atoms with van der Waals surface area (Å²) in [6, 6.07) is 0. The molecule has 0 aromatic heterocycles. The lowest BCUT2D eigenvalue weighted by Crippen LogP contribution is -2.33. The van der Waals surface area contributed by atoms with Crippen LogP contribution in [0.25, 0.3) is 0 Å². The van der Waals surface area contributed by atoms with E-state index < -0.39 is 0 Å². The van der Waals surface area contributed by atoms with Crippen LogP contribution in [0.5, 0.6) is 0 Å². The van der Waals surface area contributed by atoms with Crippen molar-refractivity contribution < 1.29 is 0 Å². The molecule has 0 rings (SSSR count). The van der Waals surface area contributed by atoms with Crippen molar-refractivity contribution in [2.75, 3.05) is 24.8 Å². The van der Waals surface area contributed by atoms with Crippen molar-refractivity contribution in [3.63, 3.8) is 0 Å². The fourth-order valence-corrected chi connectivity index (χ4v) is 0.877. The first kappa shape index (κ1) is 10.5. The third-order valence-corrected chi connectivity index (χ3v) is 1.69. The van der Waals surface area contributed by atoms with Gasteiger partial charge in [-0.05, 0) is 12.8 Å². The van der Waals surface area contributed by atoms with Crippen molar-refractivity contribution in [1.82, 2.24) is 5.01 Å². The molecule has 0 unspecified atom stereocenters. The van der Waals surface area contributed by atoms with Gasteiger partial charge in [0.25, 0.3) is 0 Å². The van der Waals surface area contributed by atoms with Crippen LogP contribution in [-0.2, 0) is 0 Å². The van der Waals surface area contributed by atoms with Gasteiger partial charge in [-0.2, -0.15) is 0 Å². The molecule has 62 valence electrons. The molecule has 0 bridgehead atoms. The Morgan fingerprint density at radius 3 is 1.70 bits per heavy atom. The zero-order valence-electron chi connectivity index (χ0n) is 6.02. The minimum absolute atomic E-state index is 0.675. The lowest BCUT2D eigenvalue weighted by molar-refractivity contribution is 0.286. The molecule has 0 saturated heterocycles. The second-order valence-corrected chi connectivity index (χ2v) is 2.88. The van der Waals surface area contributed by atoms with Gasteiger partial charge in [0.15, 0.2) is 0 Å². The first-order chi connectivity index (χ1) is 4.81. The molecule has 0 aliphatic carbocycles. The Hall–Kier alpha value is 0.500. The monoisotopic (exact) mass is 184 g/mol. The maximum atomic E-state index is 5.56. The van der Waals surface area contributed by atoms with Crippen LogP contribution in [0.15, 0.2) is 0 Å². The standard InChI is InChI=1S/C6H14Cl2N2/c7-3-1-5-10(9)6-2-4-8/h1-6,9H2. The molecule has 0 heterocycles. The van der Waals surface area contributed by atoms with Crippen molar-refractivity contribution in [3.05, 3.63) is 0 Å². The molecule has 10 heavy (non-hydrogen) atoms. The van der Waals surface area contributed by atoms with E-state index >= 15 is 0 Å². The van der Waals surface area contributed by atoms with Crippen molar-refractivity contribution >= 4 is 23.2 Å². The summed E-state index contributed by atoms with van der Waals surface area (Å²) in [6.07, 6.45) is 1.89. The average Bonchev–Trinajstić information content (AvgIpc) is 1.97. The molecule has 0 atom stereocenters. The van der Waals surface area contributed by atoms with E-state index in [2.05, 4.69) is 0 Å². The van der Waals surface area contributed by atoms with E-state index in [-0.39, 0.29) is 0 Å². The van der Waals surface area contributed by atoms with E-state index in [4.69, 9.17) is 29.0 Å². The molecule has 0 radical (unpaired) electrons. The van der Waals surface area contributed by atoms with Gasteiger partial charge in [0, 0.05) is 24.8 Å². The zero-order valence-corrected chi connectivity index (χ0v) is 7.53. The number of nitrogens with two attached hydrogens (primary N) is 1. The maximum Gasteiger partial charge on any atom is 0.0236 e. The lowest BCUT2D eigenvalue weighted by atomic mass is 10.4. The van der Waals surface area contributed by atoms with Crippen LogP contribution in [0, 0.1) is 0 Å². The summed E-state index contributed by atoms with van der Waals surface area (Å²) >= 11 is 10.9. The predicted octanol–water partition coefficient (Wildman–Crippen LogP) is 1.42. The topological polar surface area (TPSA) is 29.3 Å². The van der Waals surface area contributed by atoms with Crippen LogP contribution in [0.3, 0.4) is 0 Å². The third kappa shape index (κ3) is 6.62. The predicted molar refractivity (Wildman–Crippen MR) is 46.4 cm³/mol. The highest BCUT2D eigenvalue weighted by Gasteiger charge is 1.95. The van der Waals surface area contributed by atoms with Gasteiger partial charge in [0.1, 0.15) is 0 Å². The van der Waals surface area contributed by atoms with Crippen molar-refractivity contribution in [2.24, 2.45) is 5.84 Å². The largest absolute Gasteiger partial charge is 0.269 e. The molecule has 0 aromatic carbocycles. The molecule has 0 aliphatic rings. The lowest BCUT2D eigenvalue weighted by Gasteiger charge is -2.13. The minimum Gasteiger partial charge on any atom is -0.269 e. The van der Waals surface area contributed by atoms with Gasteiger partial charge >= 0.3 is 0 Å². The third-order valence-electron chi connectivity index (χ3n) is 1.16. The van der Waals surface area contributed by atoms with Gasteiger partial charge in [-0.3, -0.25) is 5.84 Å². The van der Waals surface area contributed by atoms with E-state index in [1.54, 1.807) is 5.01 Å². The van der Waals surface area contributed by atoms with Gasteiger partial charge in [-0.15, -0.1) is 23.2 Å². The normalized spacial score (nSPS) is 10.8. The van der Waals surface area contributed by atoms with E-state index in [1.807, 2.05) is 0 Å². The van der Waals surface area contributed by atoms with Gasteiger partial charge in [0.2, 0.25) is 0 Å². The first-order valence-electron chi connectivity index (χ1n) is 3.43. The van der Waals surface area contributed by atoms with Crippen LogP contribution < -0.4 is 5.84 Å². The van der Waals surface area contributed by atoms with Crippen molar-refractivity contribution in [3.8, 4) is 0 Å². The Morgan fingerprint density at radius 1 is 1.00 bits per heavy atom. The number of nitrogens with zero attached hydrogens (tertiary/aromatic N) is 1. The summed E-state index contributed by atoms with van der Waals surface area (Å²) in [5, 5.41) is 1.75. The second-order valence-electron chi connectivity index (χ2n) is 2.12. The maximum absolute atomic E-state index is 5.56. The first-order valence-corrected chi connectivity index (χ1v) is 4.49. The van der Waals surface area contributed by atoms with Gasteiger partial charge < -0.3 is 0 Å². The molecule has 0 amide bonds. The van der Waals surface area contributed by atoms with E-state index in [9.17, 15) is 0 Å². The van der Waals surface area contributed by atoms with Crippen molar-refractivity contribution in [1.29, 1.82) is 0 Å². The quantitative estimate of drug-likeness (QED) is 0.385. The summed E-state index contributed by atoms with van der Waals surface area (Å²) in [5.41, 5.74) is 0. The molecular weight excluding hydrogens is 171 g/mol. The zero-order chi connectivity index (χ0) is 7.82. The van der Waals surface area contributed by atoms with Crippen molar-refractivity contribution in [2.45, 2.75) is 12.8 Å². The smallest absolute Gasteiger partial charge is 0.0236 e. The average molecular weight is 185 g/mol. The van der Waals surface area contributed by atoms with Crippen LogP contribution in [0.2, 0.25) is 0 Å². The Balaban J connectivity index is 3.00. The second kappa shape index (κ2) is 7.61. The van der Waals surface area contributed by atoms with Crippen LogP contribution >= 0.6 is 23.2 Å². The van der Waals surface area contributed by atoms with Crippen LogP contribution in [-0.4, -0.2) is 29.9 Å². The summed E-state index contributed by atoms with van der Waals surface area (Å²) in [5.74, 6) is 6.91. The Labute approximate surface area is 72.2 Å². The fourth-order valence-electron chi connectivity index (χ4n) is 0.638. The van der Waals surface area contributed by atoms with E-state index in [0.717, 1.165) is 25.9 Å². The summed E-state index contributed by atoms with van der Waals surface area (Å²) in [7, 11) is 0. The highest BCUT2D eigenvalue weighted by Crippen LogP contribution is 1.90. The van der Waals surface area contributed by atoms with E-state index in [0.29, 0.717) is 11.8 Å². The summed E-state index contributed by atoms with van der Waals surface area (Å²) in [4.78, 5) is 0. The Morgan fingerprint density at radius 2 is 1.40 bits per heavy atom. The van der Waals surface area contributed by atoms with Crippen LogP contribution in [0.4, 0.5) is 0 Å². The molecule has 2 N–H and O–H groups in total. The molecular formula is C6H14Cl2N2. The molecule has 0 spiro atoms. The number of hydrogen-bond acceptors (Lipinski definition) is 2. The summed E-state index contributed by atoms with van der Waals surface area (Å²) in [6.45, 7) is 1.72. The number of alkyl halides is 2. The van der Waals surface area contributed by atoms with Gasteiger partial charge in [0.05, 0.1) is 0 Å². The van der Waals surface area contributed by atoms with E-state index in [1.165, 1.54) is 0 Å². The molecule has 2 nitrogen and oxygen atoms in total. The Kier molecular flexibility index (Phi) is 7.99. The molecule has 0 fully saturated rings. The molecule has 0 saturated carbocycles. The molecule has 0 aliphatic heterocycles. The highest BCUT2D eigenvalue weighted by molar-refractivity contribution is 6.18. The number of hydrogen-bond donors (Lipinski definition) is 1. The molecule has 0 aromatic rings. The number of hydrazine groups is 1. The SMILES string of the molecule is NN(CCCCl)CCCCl. The molecule has 4 heteroatoms.